The monoisotopic (exact) mass is 438 g/mol. The molecule has 3 aromatic rings. The highest BCUT2D eigenvalue weighted by Gasteiger charge is 2.35. The molecule has 0 saturated heterocycles. The van der Waals surface area contributed by atoms with Gasteiger partial charge >= 0.3 is 0 Å². The number of anilines is 1. The molecule has 1 aromatic heterocycles. The fourth-order valence-corrected chi connectivity index (χ4v) is 4.06. The van der Waals surface area contributed by atoms with Gasteiger partial charge in [0.05, 0.1) is 5.69 Å². The van der Waals surface area contributed by atoms with Crippen molar-refractivity contribution in [3.05, 3.63) is 59.9 Å². The Hall–Kier alpha value is -3.00. The van der Waals surface area contributed by atoms with Gasteiger partial charge in [0.25, 0.3) is 0 Å². The molecule has 0 saturated carbocycles. The van der Waals surface area contributed by atoms with Crippen LogP contribution in [-0.4, -0.2) is 26.8 Å². The first-order chi connectivity index (χ1) is 15.0. The number of nitrogens with zero attached hydrogens (tertiary/aromatic N) is 4. The Morgan fingerprint density at radius 2 is 2.00 bits per heavy atom. The Labute approximate surface area is 184 Å². The zero-order valence-corrected chi connectivity index (χ0v) is 18.4. The normalized spacial score (nSPS) is 15.1. The third-order valence-corrected chi connectivity index (χ3v) is 6.03. The Morgan fingerprint density at radius 3 is 2.74 bits per heavy atom. The molecular formula is C23H23FN4O2S. The molecule has 0 N–H and O–H groups in total. The van der Waals surface area contributed by atoms with Crippen molar-refractivity contribution in [3.8, 4) is 17.1 Å². The van der Waals surface area contributed by atoms with E-state index in [2.05, 4.69) is 29.0 Å². The number of aromatic nitrogens is 3. The molecule has 0 radical (unpaired) electrons. The second-order valence-electron chi connectivity index (χ2n) is 7.61. The predicted octanol–water partition coefficient (Wildman–Crippen LogP) is 5.26. The van der Waals surface area contributed by atoms with Gasteiger partial charge in [-0.25, -0.2) is 4.39 Å². The number of rotatable bonds is 5. The summed E-state index contributed by atoms with van der Waals surface area (Å²) >= 11 is 1.50. The van der Waals surface area contributed by atoms with Gasteiger partial charge in [-0.05, 0) is 24.1 Å². The molecule has 31 heavy (non-hydrogen) atoms. The SMILES string of the molecule is CCC(=O)N1c2ccccc2-c2nnc(SCC(C)C)nc2OC1c1cccc(F)c1. The number of halogens is 1. The van der Waals surface area contributed by atoms with Crippen molar-refractivity contribution in [2.75, 3.05) is 10.7 Å². The summed E-state index contributed by atoms with van der Waals surface area (Å²) in [4.78, 5) is 19.2. The van der Waals surface area contributed by atoms with Crippen LogP contribution in [0, 0.1) is 11.7 Å². The van der Waals surface area contributed by atoms with E-state index in [1.807, 2.05) is 24.3 Å². The zero-order chi connectivity index (χ0) is 22.0. The van der Waals surface area contributed by atoms with E-state index in [0.29, 0.717) is 33.6 Å². The average molecular weight is 439 g/mol. The second kappa shape index (κ2) is 9.01. The standard InChI is InChI=1S/C23H23FN4O2S/c1-4-19(29)28-18-11-6-5-10-17(18)20-21(25-23(27-26-20)31-13-14(2)3)30-22(28)15-8-7-9-16(24)12-15/h5-12,14,22H,4,13H2,1-3H3. The van der Waals surface area contributed by atoms with Gasteiger partial charge in [-0.15, -0.1) is 10.2 Å². The van der Waals surface area contributed by atoms with Crippen molar-refractivity contribution < 1.29 is 13.9 Å². The fraction of sp³-hybridized carbons (Fsp3) is 0.304. The molecular weight excluding hydrogens is 415 g/mol. The maximum absolute atomic E-state index is 14.1. The fourth-order valence-electron chi connectivity index (χ4n) is 3.33. The van der Waals surface area contributed by atoms with Crippen molar-refractivity contribution in [2.45, 2.75) is 38.6 Å². The van der Waals surface area contributed by atoms with Gasteiger partial charge in [-0.2, -0.15) is 4.98 Å². The van der Waals surface area contributed by atoms with E-state index in [9.17, 15) is 9.18 Å². The topological polar surface area (TPSA) is 68.2 Å². The van der Waals surface area contributed by atoms with Crippen molar-refractivity contribution in [1.82, 2.24) is 15.2 Å². The molecule has 6 nitrogen and oxygen atoms in total. The highest BCUT2D eigenvalue weighted by atomic mass is 32.2. The van der Waals surface area contributed by atoms with E-state index in [4.69, 9.17) is 4.74 Å². The number of carbonyl (C=O) groups excluding carboxylic acids is 1. The average Bonchev–Trinajstić information content (AvgIpc) is 2.91. The Bertz CT molecular complexity index is 1110. The summed E-state index contributed by atoms with van der Waals surface area (Å²) in [6.07, 6.45) is -0.626. The van der Waals surface area contributed by atoms with Crippen molar-refractivity contribution in [3.63, 3.8) is 0 Å². The van der Waals surface area contributed by atoms with Crippen LogP contribution in [0.1, 0.15) is 39.0 Å². The lowest BCUT2D eigenvalue weighted by atomic mass is 10.1. The van der Waals surface area contributed by atoms with E-state index in [0.717, 1.165) is 5.75 Å². The van der Waals surface area contributed by atoms with Crippen LogP contribution in [-0.2, 0) is 4.79 Å². The highest BCUT2D eigenvalue weighted by molar-refractivity contribution is 7.99. The van der Waals surface area contributed by atoms with Crippen LogP contribution in [0.3, 0.4) is 0 Å². The summed E-state index contributed by atoms with van der Waals surface area (Å²) in [5.74, 6) is 1.01. The van der Waals surface area contributed by atoms with Gasteiger partial charge in [0.15, 0.2) is 5.69 Å². The molecule has 8 heteroatoms. The molecule has 1 aliphatic rings. The van der Waals surface area contributed by atoms with Crippen LogP contribution in [0.4, 0.5) is 10.1 Å². The maximum Gasteiger partial charge on any atom is 0.247 e. The minimum absolute atomic E-state index is 0.156. The number of hydrogen-bond donors (Lipinski definition) is 0. The second-order valence-corrected chi connectivity index (χ2v) is 8.60. The summed E-state index contributed by atoms with van der Waals surface area (Å²) in [6.45, 7) is 6.01. The maximum atomic E-state index is 14.1. The molecule has 160 valence electrons. The van der Waals surface area contributed by atoms with Gasteiger partial charge in [-0.3, -0.25) is 9.69 Å². The third-order valence-electron chi connectivity index (χ3n) is 4.76. The molecule has 4 rings (SSSR count). The first kappa shape index (κ1) is 21.2. The Morgan fingerprint density at radius 1 is 1.19 bits per heavy atom. The first-order valence-corrected chi connectivity index (χ1v) is 11.2. The number of fused-ring (bicyclic) bond motifs is 3. The lowest BCUT2D eigenvalue weighted by Gasteiger charge is -2.30. The van der Waals surface area contributed by atoms with Crippen LogP contribution in [0.25, 0.3) is 11.3 Å². The smallest absolute Gasteiger partial charge is 0.247 e. The zero-order valence-electron chi connectivity index (χ0n) is 17.6. The minimum atomic E-state index is -0.884. The van der Waals surface area contributed by atoms with Crippen LogP contribution >= 0.6 is 11.8 Å². The van der Waals surface area contributed by atoms with Gasteiger partial charge in [0, 0.05) is 23.3 Å². The molecule has 1 unspecified atom stereocenters. The summed E-state index contributed by atoms with van der Waals surface area (Å²) in [5.41, 5.74) is 2.29. The quantitative estimate of drug-likeness (QED) is 0.506. The molecule has 0 bridgehead atoms. The van der Waals surface area contributed by atoms with E-state index in [1.165, 1.54) is 23.9 Å². The van der Waals surface area contributed by atoms with Gasteiger partial charge < -0.3 is 4.74 Å². The van der Waals surface area contributed by atoms with Gasteiger partial charge in [0.2, 0.25) is 23.2 Å². The van der Waals surface area contributed by atoms with Crippen LogP contribution < -0.4 is 9.64 Å². The summed E-state index contributed by atoms with van der Waals surface area (Å²) in [7, 11) is 0. The van der Waals surface area contributed by atoms with Crippen molar-refractivity contribution >= 4 is 23.4 Å². The highest BCUT2D eigenvalue weighted by Crippen LogP contribution is 2.43. The minimum Gasteiger partial charge on any atom is -0.447 e. The number of carbonyl (C=O) groups is 1. The van der Waals surface area contributed by atoms with Gasteiger partial charge in [0.1, 0.15) is 5.82 Å². The number of ether oxygens (including phenoxy) is 1. The van der Waals surface area contributed by atoms with Crippen LogP contribution in [0.5, 0.6) is 5.88 Å². The molecule has 0 spiro atoms. The number of thioether (sulfide) groups is 1. The third kappa shape index (κ3) is 4.39. The largest absolute Gasteiger partial charge is 0.447 e. The molecule has 1 amide bonds. The van der Waals surface area contributed by atoms with E-state index in [-0.39, 0.29) is 18.2 Å². The molecule has 2 heterocycles. The van der Waals surface area contributed by atoms with E-state index >= 15 is 0 Å². The van der Waals surface area contributed by atoms with Crippen LogP contribution in [0.2, 0.25) is 0 Å². The molecule has 2 aromatic carbocycles. The Kier molecular flexibility index (Phi) is 6.18. The lowest BCUT2D eigenvalue weighted by Crippen LogP contribution is -2.37. The predicted molar refractivity (Wildman–Crippen MR) is 118 cm³/mol. The first-order valence-electron chi connectivity index (χ1n) is 10.2. The summed E-state index contributed by atoms with van der Waals surface area (Å²) in [6, 6.07) is 13.5. The molecule has 1 atom stereocenters. The van der Waals surface area contributed by atoms with Crippen molar-refractivity contribution in [2.24, 2.45) is 5.92 Å². The van der Waals surface area contributed by atoms with Crippen LogP contribution in [0.15, 0.2) is 53.7 Å². The summed E-state index contributed by atoms with van der Waals surface area (Å²) < 4.78 is 20.3. The van der Waals surface area contributed by atoms with Gasteiger partial charge in [-0.1, -0.05) is 62.9 Å². The molecule has 0 fully saturated rings. The number of amides is 1. The lowest BCUT2D eigenvalue weighted by molar-refractivity contribution is -0.120. The Balaban J connectivity index is 1.89. The molecule has 1 aliphatic heterocycles. The van der Waals surface area contributed by atoms with E-state index < -0.39 is 12.0 Å². The van der Waals surface area contributed by atoms with E-state index in [1.54, 1.807) is 24.0 Å². The number of benzene rings is 2. The summed E-state index contributed by atoms with van der Waals surface area (Å²) in [5, 5.41) is 9.16. The molecule has 0 aliphatic carbocycles. The van der Waals surface area contributed by atoms with Crippen molar-refractivity contribution in [1.29, 1.82) is 0 Å². The number of hydrogen-bond acceptors (Lipinski definition) is 6. The number of para-hydroxylation sites is 1.